The van der Waals surface area contributed by atoms with Crippen LogP contribution in [0.25, 0.3) is 0 Å². The molecule has 1 saturated carbocycles. The Kier molecular flexibility index (Phi) is 4.43. The molecule has 0 aliphatic heterocycles. The molecule has 2 atom stereocenters. The zero-order valence-corrected chi connectivity index (χ0v) is 11.7. The van der Waals surface area contributed by atoms with E-state index >= 15 is 0 Å². The topological polar surface area (TPSA) is 47.3 Å². The van der Waals surface area contributed by atoms with E-state index in [9.17, 15) is 18.3 Å². The molecule has 1 N–H and O–H groups in total. The predicted molar refractivity (Wildman–Crippen MR) is 72.8 cm³/mol. The molecule has 2 rings (SSSR count). The van der Waals surface area contributed by atoms with Crippen LogP contribution in [0.1, 0.15) is 36.8 Å². The van der Waals surface area contributed by atoms with E-state index in [0.29, 0.717) is 12.1 Å². The van der Waals surface area contributed by atoms with Gasteiger partial charge in [-0.3, -0.25) is 0 Å². The summed E-state index contributed by atoms with van der Waals surface area (Å²) < 4.78 is 38.3. The fraction of sp³-hybridized carbons (Fsp3) is 0.533. The highest BCUT2D eigenvalue weighted by Crippen LogP contribution is 2.34. The van der Waals surface area contributed by atoms with E-state index in [1.54, 1.807) is 18.0 Å². The highest BCUT2D eigenvalue weighted by Gasteiger charge is 2.34. The minimum absolute atomic E-state index is 0.123. The Hall–Kier alpha value is -1.74. The molecular formula is C15H17F3N2O. The van der Waals surface area contributed by atoms with Gasteiger partial charge in [-0.2, -0.15) is 18.4 Å². The SMILES string of the molecule is CN(c1ccc(C(F)(F)F)c(C#N)c1)C1CCCCC1O. The van der Waals surface area contributed by atoms with E-state index in [-0.39, 0.29) is 6.04 Å². The second-order valence-corrected chi connectivity index (χ2v) is 5.37. The molecule has 1 aliphatic rings. The van der Waals surface area contributed by atoms with Crippen LogP contribution in [-0.4, -0.2) is 24.3 Å². The lowest BCUT2D eigenvalue weighted by atomic mass is 9.91. The van der Waals surface area contributed by atoms with Crippen LogP contribution in [0.5, 0.6) is 0 Å². The number of halogens is 3. The molecule has 21 heavy (non-hydrogen) atoms. The summed E-state index contributed by atoms with van der Waals surface area (Å²) in [6.07, 6.45) is -1.59. The van der Waals surface area contributed by atoms with Gasteiger partial charge in [0.2, 0.25) is 0 Å². The van der Waals surface area contributed by atoms with E-state index in [0.717, 1.165) is 25.3 Å². The number of alkyl halides is 3. The van der Waals surface area contributed by atoms with Crippen molar-refractivity contribution in [3.8, 4) is 6.07 Å². The number of likely N-dealkylation sites (N-methyl/N-ethyl adjacent to an activating group) is 1. The van der Waals surface area contributed by atoms with Crippen molar-refractivity contribution in [2.45, 2.75) is 44.0 Å². The Balaban J connectivity index is 2.30. The molecule has 1 aromatic rings. The van der Waals surface area contributed by atoms with Gasteiger partial charge in [0.25, 0.3) is 0 Å². The standard InChI is InChI=1S/C15H17F3N2O/c1-20(13-4-2-3-5-14(13)21)11-6-7-12(15(16,17)18)10(8-11)9-19/h6-8,13-14,21H,2-5H2,1H3. The number of rotatable bonds is 2. The van der Waals surface area contributed by atoms with Crippen molar-refractivity contribution in [1.29, 1.82) is 5.26 Å². The van der Waals surface area contributed by atoms with Crippen LogP contribution < -0.4 is 4.90 Å². The first-order chi connectivity index (χ1) is 9.84. The third-order valence-corrected chi connectivity index (χ3v) is 4.03. The molecule has 0 heterocycles. The Morgan fingerprint density at radius 1 is 1.29 bits per heavy atom. The Labute approximate surface area is 121 Å². The van der Waals surface area contributed by atoms with E-state index in [1.165, 1.54) is 12.1 Å². The number of anilines is 1. The second kappa shape index (κ2) is 5.94. The normalized spacial score (nSPS) is 22.7. The lowest BCUT2D eigenvalue weighted by Crippen LogP contribution is -2.43. The second-order valence-electron chi connectivity index (χ2n) is 5.37. The highest BCUT2D eigenvalue weighted by atomic mass is 19.4. The summed E-state index contributed by atoms with van der Waals surface area (Å²) >= 11 is 0. The van der Waals surface area contributed by atoms with Crippen molar-refractivity contribution >= 4 is 5.69 Å². The number of aliphatic hydroxyl groups excluding tert-OH is 1. The predicted octanol–water partition coefficient (Wildman–Crippen LogP) is 3.32. The minimum Gasteiger partial charge on any atom is -0.391 e. The Morgan fingerprint density at radius 3 is 2.52 bits per heavy atom. The number of aliphatic hydroxyl groups is 1. The van der Waals surface area contributed by atoms with Crippen molar-refractivity contribution in [2.75, 3.05) is 11.9 Å². The maximum Gasteiger partial charge on any atom is 0.417 e. The highest BCUT2D eigenvalue weighted by molar-refractivity contribution is 5.55. The molecule has 6 heteroatoms. The van der Waals surface area contributed by atoms with Gasteiger partial charge >= 0.3 is 6.18 Å². The lowest BCUT2D eigenvalue weighted by molar-refractivity contribution is -0.137. The number of benzene rings is 1. The summed E-state index contributed by atoms with van der Waals surface area (Å²) in [6, 6.07) is 5.00. The van der Waals surface area contributed by atoms with Gasteiger partial charge in [0.15, 0.2) is 0 Å². The molecule has 1 fully saturated rings. The number of hydrogen-bond acceptors (Lipinski definition) is 3. The van der Waals surface area contributed by atoms with Crippen LogP contribution >= 0.6 is 0 Å². The third-order valence-electron chi connectivity index (χ3n) is 4.03. The number of nitriles is 1. The molecule has 3 nitrogen and oxygen atoms in total. The first kappa shape index (κ1) is 15.6. The van der Waals surface area contributed by atoms with E-state index < -0.39 is 23.4 Å². The number of nitrogens with zero attached hydrogens (tertiary/aromatic N) is 2. The van der Waals surface area contributed by atoms with Gasteiger partial charge in [-0.1, -0.05) is 12.8 Å². The van der Waals surface area contributed by atoms with Gasteiger partial charge in [0.1, 0.15) is 0 Å². The zero-order valence-electron chi connectivity index (χ0n) is 11.7. The summed E-state index contributed by atoms with van der Waals surface area (Å²) in [4.78, 5) is 1.77. The fourth-order valence-corrected chi connectivity index (χ4v) is 2.83. The van der Waals surface area contributed by atoms with Gasteiger partial charge in [-0.15, -0.1) is 0 Å². The molecule has 1 aromatic carbocycles. The first-order valence-corrected chi connectivity index (χ1v) is 6.87. The monoisotopic (exact) mass is 298 g/mol. The molecule has 0 bridgehead atoms. The van der Waals surface area contributed by atoms with Crippen molar-refractivity contribution in [3.05, 3.63) is 29.3 Å². The minimum atomic E-state index is -4.54. The molecule has 1 aliphatic carbocycles. The maximum absolute atomic E-state index is 12.8. The average Bonchev–Trinajstić information content (AvgIpc) is 2.45. The summed E-state index contributed by atoms with van der Waals surface area (Å²) in [5.41, 5.74) is -0.797. The molecule has 0 aromatic heterocycles. The molecular weight excluding hydrogens is 281 g/mol. The quantitative estimate of drug-likeness (QED) is 0.911. The van der Waals surface area contributed by atoms with Crippen LogP contribution in [0, 0.1) is 11.3 Å². The van der Waals surface area contributed by atoms with E-state index in [4.69, 9.17) is 5.26 Å². The van der Waals surface area contributed by atoms with Crippen molar-refractivity contribution in [3.63, 3.8) is 0 Å². The van der Waals surface area contributed by atoms with Crippen LogP contribution in [0.3, 0.4) is 0 Å². The molecule has 0 saturated heterocycles. The Morgan fingerprint density at radius 2 is 1.95 bits per heavy atom. The molecule has 0 spiro atoms. The van der Waals surface area contributed by atoms with Gasteiger partial charge in [0, 0.05) is 12.7 Å². The fourth-order valence-electron chi connectivity index (χ4n) is 2.83. The van der Waals surface area contributed by atoms with E-state index in [1.807, 2.05) is 0 Å². The van der Waals surface area contributed by atoms with Crippen molar-refractivity contribution < 1.29 is 18.3 Å². The molecule has 0 amide bonds. The van der Waals surface area contributed by atoms with Gasteiger partial charge in [-0.25, -0.2) is 0 Å². The van der Waals surface area contributed by atoms with E-state index in [2.05, 4.69) is 0 Å². The van der Waals surface area contributed by atoms with Crippen molar-refractivity contribution in [2.24, 2.45) is 0 Å². The lowest BCUT2D eigenvalue weighted by Gasteiger charge is -2.36. The van der Waals surface area contributed by atoms with Crippen molar-refractivity contribution in [1.82, 2.24) is 0 Å². The summed E-state index contributed by atoms with van der Waals surface area (Å²) in [5, 5.41) is 19.0. The number of hydrogen-bond donors (Lipinski definition) is 1. The molecule has 2 unspecified atom stereocenters. The smallest absolute Gasteiger partial charge is 0.391 e. The van der Waals surface area contributed by atoms with Crippen LogP contribution in [0.2, 0.25) is 0 Å². The molecule has 0 radical (unpaired) electrons. The summed E-state index contributed by atoms with van der Waals surface area (Å²) in [5.74, 6) is 0. The van der Waals surface area contributed by atoms with Crippen LogP contribution in [-0.2, 0) is 6.18 Å². The largest absolute Gasteiger partial charge is 0.417 e. The average molecular weight is 298 g/mol. The zero-order chi connectivity index (χ0) is 15.6. The maximum atomic E-state index is 12.8. The third kappa shape index (κ3) is 3.30. The Bertz CT molecular complexity index is 551. The summed E-state index contributed by atoms with van der Waals surface area (Å²) in [6.45, 7) is 0. The van der Waals surface area contributed by atoms with Gasteiger partial charge in [0.05, 0.1) is 29.3 Å². The van der Waals surface area contributed by atoms with Crippen LogP contribution in [0.15, 0.2) is 18.2 Å². The summed E-state index contributed by atoms with van der Waals surface area (Å²) in [7, 11) is 1.74. The van der Waals surface area contributed by atoms with Gasteiger partial charge < -0.3 is 10.0 Å². The van der Waals surface area contributed by atoms with Crippen LogP contribution in [0.4, 0.5) is 18.9 Å². The van der Waals surface area contributed by atoms with Gasteiger partial charge in [-0.05, 0) is 31.0 Å². The first-order valence-electron chi connectivity index (χ1n) is 6.87. The molecule has 114 valence electrons.